The quantitative estimate of drug-likeness (QED) is 0.809. The number of hydrogen-bond acceptors (Lipinski definition) is 4. The number of carbonyl (C=O) groups is 1. The van der Waals surface area contributed by atoms with E-state index >= 15 is 0 Å². The fraction of sp³-hybridized carbons (Fsp3) is 0.500. The Labute approximate surface area is 133 Å². The molecule has 1 aliphatic rings. The van der Waals surface area contributed by atoms with Gasteiger partial charge in [0.05, 0.1) is 10.8 Å². The largest absolute Gasteiger partial charge is 0.393 e. The second-order valence-corrected chi connectivity index (χ2v) is 6.61. The van der Waals surface area contributed by atoms with Gasteiger partial charge in [-0.05, 0) is 48.8 Å². The van der Waals surface area contributed by atoms with Gasteiger partial charge in [0.1, 0.15) is 0 Å². The van der Waals surface area contributed by atoms with Crippen LogP contribution in [0.25, 0.3) is 10.1 Å². The number of nitrogens with one attached hydrogen (secondary N) is 2. The first-order chi connectivity index (χ1) is 10.7. The minimum absolute atomic E-state index is 0.207. The normalized spacial score (nSPS) is 21.7. The lowest BCUT2D eigenvalue weighted by Gasteiger charge is -2.27. The number of aliphatic hydroxyl groups excluding tert-OH is 1. The fourth-order valence-electron chi connectivity index (χ4n) is 3.02. The zero-order valence-electron chi connectivity index (χ0n) is 12.4. The van der Waals surface area contributed by atoms with Crippen LogP contribution in [0.3, 0.4) is 0 Å². The van der Waals surface area contributed by atoms with E-state index in [1.54, 1.807) is 0 Å². The van der Waals surface area contributed by atoms with Crippen LogP contribution in [0.4, 0.5) is 10.6 Å². The molecule has 5 nitrogen and oxygen atoms in total. The Morgan fingerprint density at radius 3 is 3.00 bits per heavy atom. The third-order valence-electron chi connectivity index (χ3n) is 4.28. The highest BCUT2D eigenvalue weighted by molar-refractivity contribution is 7.13. The second kappa shape index (κ2) is 7.07. The number of aliphatic hydroxyl groups is 1. The number of nitrogens with zero attached hydrogens (tertiary/aromatic N) is 1. The topological polar surface area (TPSA) is 74.2 Å². The molecule has 0 spiro atoms. The van der Waals surface area contributed by atoms with E-state index in [1.165, 1.54) is 18.0 Å². The maximum absolute atomic E-state index is 12.0. The highest BCUT2D eigenvalue weighted by atomic mass is 32.1. The summed E-state index contributed by atoms with van der Waals surface area (Å²) < 4.78 is 5.33. The number of benzene rings is 1. The molecule has 0 radical (unpaired) electrons. The zero-order chi connectivity index (χ0) is 15.4. The van der Waals surface area contributed by atoms with Crippen molar-refractivity contribution in [3.05, 3.63) is 24.3 Å². The highest BCUT2D eigenvalue weighted by Gasteiger charge is 2.22. The standard InChI is InChI=1S/C16H21N3O2S/c20-13-7-3-1-5-11(13)9-10-17-16(21)18-15-12-6-2-4-8-14(12)22-19-15/h2,4,6,8,11,13,20H,1,3,5,7,9-10H2,(H2,17,18,19,21)/t11-,13-/m1/s1. The Balaban J connectivity index is 1.48. The van der Waals surface area contributed by atoms with E-state index in [-0.39, 0.29) is 12.1 Å². The molecule has 1 fully saturated rings. The maximum Gasteiger partial charge on any atom is 0.320 e. The Kier molecular flexibility index (Phi) is 4.90. The zero-order valence-corrected chi connectivity index (χ0v) is 13.2. The lowest BCUT2D eigenvalue weighted by Crippen LogP contribution is -2.33. The summed E-state index contributed by atoms with van der Waals surface area (Å²) in [6.45, 7) is 0.579. The van der Waals surface area contributed by atoms with Crippen molar-refractivity contribution in [2.24, 2.45) is 5.92 Å². The molecule has 3 N–H and O–H groups in total. The van der Waals surface area contributed by atoms with Gasteiger partial charge in [0, 0.05) is 11.9 Å². The van der Waals surface area contributed by atoms with Gasteiger partial charge in [0.25, 0.3) is 0 Å². The SMILES string of the molecule is O=C(NCC[C@H]1CCCC[C@H]1O)Nc1nsc2ccccc12. The van der Waals surface area contributed by atoms with Gasteiger partial charge in [0.2, 0.25) is 0 Å². The van der Waals surface area contributed by atoms with E-state index in [0.717, 1.165) is 35.8 Å². The minimum Gasteiger partial charge on any atom is -0.393 e. The molecule has 22 heavy (non-hydrogen) atoms. The first-order valence-corrected chi connectivity index (χ1v) is 8.59. The summed E-state index contributed by atoms with van der Waals surface area (Å²) in [6, 6.07) is 7.60. The Morgan fingerprint density at radius 2 is 2.14 bits per heavy atom. The number of carbonyl (C=O) groups excluding carboxylic acids is 1. The molecule has 1 aliphatic carbocycles. The third kappa shape index (κ3) is 3.56. The van der Waals surface area contributed by atoms with Crippen LogP contribution < -0.4 is 10.6 Å². The van der Waals surface area contributed by atoms with Gasteiger partial charge in [-0.2, -0.15) is 4.37 Å². The number of rotatable bonds is 4. The molecule has 118 valence electrons. The summed E-state index contributed by atoms with van der Waals surface area (Å²) in [5.74, 6) is 0.921. The summed E-state index contributed by atoms with van der Waals surface area (Å²) >= 11 is 1.38. The van der Waals surface area contributed by atoms with E-state index < -0.39 is 0 Å². The average Bonchev–Trinajstić information content (AvgIpc) is 2.92. The van der Waals surface area contributed by atoms with E-state index in [4.69, 9.17) is 0 Å². The molecule has 0 aliphatic heterocycles. The molecule has 2 atom stereocenters. The van der Waals surface area contributed by atoms with E-state index in [1.807, 2.05) is 24.3 Å². The lowest BCUT2D eigenvalue weighted by molar-refractivity contribution is 0.0658. The summed E-state index contributed by atoms with van der Waals surface area (Å²) in [6.07, 6.45) is 4.86. The molecule has 1 saturated carbocycles. The van der Waals surface area contributed by atoms with Gasteiger partial charge in [-0.25, -0.2) is 4.79 Å². The van der Waals surface area contributed by atoms with Crippen molar-refractivity contribution in [1.82, 2.24) is 9.69 Å². The highest BCUT2D eigenvalue weighted by Crippen LogP contribution is 2.27. The molecule has 0 bridgehead atoms. The van der Waals surface area contributed by atoms with Crippen LogP contribution in [0.1, 0.15) is 32.1 Å². The number of hydrogen-bond donors (Lipinski definition) is 3. The van der Waals surface area contributed by atoms with Crippen molar-refractivity contribution in [1.29, 1.82) is 0 Å². The summed E-state index contributed by atoms with van der Waals surface area (Å²) in [5.41, 5.74) is 0. The lowest BCUT2D eigenvalue weighted by atomic mass is 9.84. The number of aromatic nitrogens is 1. The Hall–Kier alpha value is -1.66. The van der Waals surface area contributed by atoms with Crippen LogP contribution >= 0.6 is 11.5 Å². The molecular formula is C16H21N3O2S. The monoisotopic (exact) mass is 319 g/mol. The molecule has 1 aromatic carbocycles. The third-order valence-corrected chi connectivity index (χ3v) is 5.11. The number of urea groups is 1. The van der Waals surface area contributed by atoms with Crippen molar-refractivity contribution in [3.8, 4) is 0 Å². The predicted molar refractivity (Wildman–Crippen MR) is 89.2 cm³/mol. The van der Waals surface area contributed by atoms with Crippen LogP contribution in [-0.2, 0) is 0 Å². The maximum atomic E-state index is 12.0. The van der Waals surface area contributed by atoms with Crippen molar-refractivity contribution in [2.75, 3.05) is 11.9 Å². The minimum atomic E-state index is -0.235. The Bertz CT molecular complexity index is 643. The van der Waals surface area contributed by atoms with Gasteiger partial charge in [-0.1, -0.05) is 25.0 Å². The van der Waals surface area contributed by atoms with E-state index in [0.29, 0.717) is 18.3 Å². The average molecular weight is 319 g/mol. The fourth-order valence-corrected chi connectivity index (χ4v) is 3.76. The first-order valence-electron chi connectivity index (χ1n) is 7.81. The van der Waals surface area contributed by atoms with Crippen LogP contribution in [0.15, 0.2) is 24.3 Å². The van der Waals surface area contributed by atoms with Gasteiger partial charge in [-0.15, -0.1) is 0 Å². The summed E-state index contributed by atoms with van der Waals surface area (Å²) in [7, 11) is 0. The predicted octanol–water partition coefficient (Wildman–Crippen LogP) is 3.36. The molecular weight excluding hydrogens is 298 g/mol. The van der Waals surface area contributed by atoms with Crippen molar-refractivity contribution < 1.29 is 9.90 Å². The molecule has 1 aromatic heterocycles. The van der Waals surface area contributed by atoms with Crippen molar-refractivity contribution >= 4 is 33.5 Å². The molecule has 3 rings (SSSR count). The van der Waals surface area contributed by atoms with Crippen LogP contribution in [0.5, 0.6) is 0 Å². The van der Waals surface area contributed by atoms with Crippen LogP contribution in [0.2, 0.25) is 0 Å². The molecule has 6 heteroatoms. The van der Waals surface area contributed by atoms with Crippen LogP contribution in [0, 0.1) is 5.92 Å². The molecule has 2 amide bonds. The number of fused-ring (bicyclic) bond motifs is 1. The smallest absolute Gasteiger partial charge is 0.320 e. The molecule has 0 unspecified atom stereocenters. The van der Waals surface area contributed by atoms with Gasteiger partial charge < -0.3 is 10.4 Å². The van der Waals surface area contributed by atoms with Gasteiger partial charge in [-0.3, -0.25) is 5.32 Å². The van der Waals surface area contributed by atoms with Crippen molar-refractivity contribution in [3.63, 3.8) is 0 Å². The van der Waals surface area contributed by atoms with Crippen molar-refractivity contribution in [2.45, 2.75) is 38.2 Å². The molecule has 2 aromatic rings. The Morgan fingerprint density at radius 1 is 1.32 bits per heavy atom. The summed E-state index contributed by atoms with van der Waals surface area (Å²) in [4.78, 5) is 12.0. The number of amides is 2. The molecule has 0 saturated heterocycles. The number of anilines is 1. The van der Waals surface area contributed by atoms with E-state index in [9.17, 15) is 9.90 Å². The first kappa shape index (κ1) is 15.2. The molecule has 1 heterocycles. The second-order valence-electron chi connectivity index (χ2n) is 5.81. The van der Waals surface area contributed by atoms with E-state index in [2.05, 4.69) is 15.0 Å². The summed E-state index contributed by atoms with van der Waals surface area (Å²) in [5, 5.41) is 16.5. The van der Waals surface area contributed by atoms with Gasteiger partial charge in [0.15, 0.2) is 5.82 Å². The van der Waals surface area contributed by atoms with Crippen LogP contribution in [-0.4, -0.2) is 28.2 Å². The van der Waals surface area contributed by atoms with Gasteiger partial charge >= 0.3 is 6.03 Å².